The number of aryl methyl sites for hydroxylation is 2. The molecule has 1 nitrogen and oxygen atoms in total. The largest absolute Gasteiger partial charge is 0.256 e. The van der Waals surface area contributed by atoms with Crippen LogP contribution in [0.5, 0.6) is 0 Å². The highest BCUT2D eigenvalue weighted by molar-refractivity contribution is 6.14. The predicted octanol–water partition coefficient (Wildman–Crippen LogP) is 8.23. The highest BCUT2D eigenvalue weighted by atomic mass is 14.7. The molecule has 0 saturated carbocycles. The number of benzene rings is 4. The standard InChI is InChI=1S/C31H27N/c1-5-20-9-10-24-26-12-11-22-23-15-16-32-30(21-8-6-7-19(2)17-21)27(23)14-13-25(22)29(26)31(3,4)28(24)18-20/h6-18H,5H2,1-4H3. The molecular formula is C31H27N. The summed E-state index contributed by atoms with van der Waals surface area (Å²) in [6.07, 6.45) is 3.03. The smallest absolute Gasteiger partial charge is 0.0780 e. The third-order valence-corrected chi connectivity index (χ3v) is 7.31. The van der Waals surface area contributed by atoms with Crippen molar-refractivity contribution in [2.75, 3.05) is 0 Å². The van der Waals surface area contributed by atoms with Crippen LogP contribution in [0.2, 0.25) is 0 Å². The molecule has 1 heteroatoms. The van der Waals surface area contributed by atoms with E-state index < -0.39 is 0 Å². The van der Waals surface area contributed by atoms with Crippen LogP contribution in [0.1, 0.15) is 43.0 Å². The molecule has 156 valence electrons. The fourth-order valence-electron chi connectivity index (χ4n) is 5.69. The minimum atomic E-state index is -0.0184. The van der Waals surface area contributed by atoms with Gasteiger partial charge in [0.2, 0.25) is 0 Å². The van der Waals surface area contributed by atoms with Gasteiger partial charge in [-0.3, -0.25) is 4.98 Å². The summed E-state index contributed by atoms with van der Waals surface area (Å²) in [4.78, 5) is 4.78. The highest BCUT2D eigenvalue weighted by Gasteiger charge is 2.37. The zero-order chi connectivity index (χ0) is 22.0. The lowest BCUT2D eigenvalue weighted by molar-refractivity contribution is 0.665. The minimum Gasteiger partial charge on any atom is -0.256 e. The fraction of sp³-hybridized carbons (Fsp3) is 0.194. The van der Waals surface area contributed by atoms with Gasteiger partial charge in [0.15, 0.2) is 0 Å². The van der Waals surface area contributed by atoms with E-state index in [1.807, 2.05) is 6.20 Å². The summed E-state index contributed by atoms with van der Waals surface area (Å²) in [7, 11) is 0. The molecule has 0 fully saturated rings. The van der Waals surface area contributed by atoms with Crippen LogP contribution in [0.3, 0.4) is 0 Å². The van der Waals surface area contributed by atoms with Gasteiger partial charge >= 0.3 is 0 Å². The van der Waals surface area contributed by atoms with E-state index in [1.165, 1.54) is 60.5 Å². The van der Waals surface area contributed by atoms with Crippen molar-refractivity contribution in [1.29, 1.82) is 0 Å². The molecule has 5 aromatic rings. The van der Waals surface area contributed by atoms with Crippen molar-refractivity contribution in [1.82, 2.24) is 4.98 Å². The fourth-order valence-corrected chi connectivity index (χ4v) is 5.69. The van der Waals surface area contributed by atoms with E-state index in [-0.39, 0.29) is 5.41 Å². The number of hydrogen-bond acceptors (Lipinski definition) is 1. The van der Waals surface area contributed by atoms with Crippen molar-refractivity contribution in [3.05, 3.63) is 101 Å². The van der Waals surface area contributed by atoms with Crippen molar-refractivity contribution >= 4 is 21.5 Å². The summed E-state index contributed by atoms with van der Waals surface area (Å²) in [6, 6.07) is 27.1. The van der Waals surface area contributed by atoms with Crippen molar-refractivity contribution in [3.63, 3.8) is 0 Å². The number of rotatable bonds is 2. The van der Waals surface area contributed by atoms with E-state index in [9.17, 15) is 0 Å². The normalized spacial score (nSPS) is 14.0. The van der Waals surface area contributed by atoms with Gasteiger partial charge in [-0.05, 0) is 69.5 Å². The monoisotopic (exact) mass is 413 g/mol. The van der Waals surface area contributed by atoms with Gasteiger partial charge in [0.1, 0.15) is 0 Å². The molecule has 0 aliphatic heterocycles. The summed E-state index contributed by atoms with van der Waals surface area (Å²) < 4.78 is 0. The predicted molar refractivity (Wildman–Crippen MR) is 136 cm³/mol. The van der Waals surface area contributed by atoms with Crippen LogP contribution in [0, 0.1) is 6.92 Å². The zero-order valence-corrected chi connectivity index (χ0v) is 19.2. The third kappa shape index (κ3) is 2.61. The Balaban J connectivity index is 1.64. The van der Waals surface area contributed by atoms with Crippen LogP contribution in [-0.4, -0.2) is 4.98 Å². The Morgan fingerprint density at radius 2 is 1.50 bits per heavy atom. The van der Waals surface area contributed by atoms with Crippen LogP contribution in [0.15, 0.2) is 79.0 Å². The van der Waals surface area contributed by atoms with E-state index >= 15 is 0 Å². The number of hydrogen-bond donors (Lipinski definition) is 0. The third-order valence-electron chi connectivity index (χ3n) is 7.31. The Labute approximate surface area is 189 Å². The number of pyridine rings is 1. The van der Waals surface area contributed by atoms with Crippen LogP contribution < -0.4 is 0 Å². The Bertz CT molecular complexity index is 1540. The first kappa shape index (κ1) is 19.3. The molecule has 0 N–H and O–H groups in total. The van der Waals surface area contributed by atoms with Crippen molar-refractivity contribution < 1.29 is 0 Å². The van der Waals surface area contributed by atoms with E-state index in [1.54, 1.807) is 0 Å². The molecule has 1 aliphatic carbocycles. The van der Waals surface area contributed by atoms with E-state index in [0.29, 0.717) is 0 Å². The maximum absolute atomic E-state index is 4.78. The number of fused-ring (bicyclic) bond motifs is 7. The van der Waals surface area contributed by atoms with E-state index in [0.717, 1.165) is 12.1 Å². The molecule has 1 heterocycles. The van der Waals surface area contributed by atoms with E-state index in [2.05, 4.69) is 100 Å². The second kappa shape index (κ2) is 6.77. The summed E-state index contributed by atoms with van der Waals surface area (Å²) in [5.41, 5.74) is 10.6. The molecule has 0 unspecified atom stereocenters. The summed E-state index contributed by atoms with van der Waals surface area (Å²) in [5, 5.41) is 5.16. The lowest BCUT2D eigenvalue weighted by Gasteiger charge is -2.24. The second-order valence-electron chi connectivity index (χ2n) is 9.63. The molecule has 0 spiro atoms. The van der Waals surface area contributed by atoms with Gasteiger partial charge in [0, 0.05) is 22.6 Å². The summed E-state index contributed by atoms with van der Waals surface area (Å²) in [6.45, 7) is 9.13. The first-order valence-electron chi connectivity index (χ1n) is 11.5. The van der Waals surface area contributed by atoms with Crippen LogP contribution in [-0.2, 0) is 11.8 Å². The zero-order valence-electron chi connectivity index (χ0n) is 19.2. The van der Waals surface area contributed by atoms with Gasteiger partial charge in [-0.1, -0.05) is 87.0 Å². The molecule has 6 rings (SSSR count). The average molecular weight is 414 g/mol. The van der Waals surface area contributed by atoms with Gasteiger partial charge in [0.25, 0.3) is 0 Å². The topological polar surface area (TPSA) is 12.9 Å². The van der Waals surface area contributed by atoms with Gasteiger partial charge in [-0.2, -0.15) is 0 Å². The molecular weight excluding hydrogens is 386 g/mol. The molecule has 32 heavy (non-hydrogen) atoms. The van der Waals surface area contributed by atoms with Gasteiger partial charge in [-0.25, -0.2) is 0 Å². The first-order valence-corrected chi connectivity index (χ1v) is 11.5. The number of aromatic nitrogens is 1. The maximum Gasteiger partial charge on any atom is 0.0780 e. The van der Waals surface area contributed by atoms with Gasteiger partial charge in [0.05, 0.1) is 5.69 Å². The highest BCUT2D eigenvalue weighted by Crippen LogP contribution is 2.52. The molecule has 0 amide bonds. The molecule has 1 aromatic heterocycles. The Morgan fingerprint density at radius 1 is 0.750 bits per heavy atom. The first-order chi connectivity index (χ1) is 15.5. The lowest BCUT2D eigenvalue weighted by Crippen LogP contribution is -2.15. The Kier molecular flexibility index (Phi) is 4.07. The molecule has 4 aromatic carbocycles. The Hall–Kier alpha value is -3.45. The van der Waals surface area contributed by atoms with Crippen molar-refractivity contribution in [2.45, 2.75) is 39.5 Å². The molecule has 1 aliphatic rings. The maximum atomic E-state index is 4.78. The molecule has 0 atom stereocenters. The quantitative estimate of drug-likeness (QED) is 0.266. The van der Waals surface area contributed by atoms with Gasteiger partial charge < -0.3 is 0 Å². The summed E-state index contributed by atoms with van der Waals surface area (Å²) >= 11 is 0. The second-order valence-corrected chi connectivity index (χ2v) is 9.63. The lowest BCUT2D eigenvalue weighted by atomic mass is 9.79. The Morgan fingerprint density at radius 3 is 2.31 bits per heavy atom. The summed E-state index contributed by atoms with van der Waals surface area (Å²) in [5.74, 6) is 0. The van der Waals surface area contributed by atoms with Crippen molar-refractivity contribution in [2.24, 2.45) is 0 Å². The van der Waals surface area contributed by atoms with Crippen molar-refractivity contribution in [3.8, 4) is 22.4 Å². The van der Waals surface area contributed by atoms with Crippen LogP contribution >= 0.6 is 0 Å². The number of nitrogens with zero attached hydrogens (tertiary/aromatic N) is 1. The molecule has 0 bridgehead atoms. The molecule has 0 radical (unpaired) electrons. The minimum absolute atomic E-state index is 0.0184. The average Bonchev–Trinajstić information content (AvgIpc) is 3.05. The molecule has 0 saturated heterocycles. The van der Waals surface area contributed by atoms with E-state index in [4.69, 9.17) is 4.98 Å². The van der Waals surface area contributed by atoms with Crippen LogP contribution in [0.4, 0.5) is 0 Å². The van der Waals surface area contributed by atoms with Gasteiger partial charge in [-0.15, -0.1) is 0 Å². The SMILES string of the molecule is CCc1ccc2c(c1)C(C)(C)c1c-2ccc2c1ccc1c(-c3cccc(C)c3)nccc12. The van der Waals surface area contributed by atoms with Crippen LogP contribution in [0.25, 0.3) is 43.9 Å².